The number of hydrogen-bond donors (Lipinski definition) is 0. The van der Waals surface area contributed by atoms with Crippen LogP contribution in [0.1, 0.15) is 27.4 Å². The molecule has 2 aromatic carbocycles. The van der Waals surface area contributed by atoms with Gasteiger partial charge in [0.25, 0.3) is 0 Å². The number of ketones is 1. The molecule has 4 heteroatoms. The van der Waals surface area contributed by atoms with Gasteiger partial charge in [0.05, 0.1) is 0 Å². The maximum Gasteiger partial charge on any atom is 0.185 e. The molecule has 0 N–H and O–H groups in total. The van der Waals surface area contributed by atoms with Crippen molar-refractivity contribution in [1.29, 1.82) is 0 Å². The van der Waals surface area contributed by atoms with Gasteiger partial charge in [-0.25, -0.2) is 0 Å². The summed E-state index contributed by atoms with van der Waals surface area (Å²) < 4.78 is 12.3. The number of halogens is 1. The summed E-state index contributed by atoms with van der Waals surface area (Å²) in [6, 6.07) is 18.8. The Kier molecular flexibility index (Phi) is 5.51. The topological polar surface area (TPSA) is 39.4 Å². The Morgan fingerprint density at radius 1 is 1.12 bits per heavy atom. The van der Waals surface area contributed by atoms with E-state index in [1.54, 1.807) is 6.08 Å². The lowest BCUT2D eigenvalue weighted by molar-refractivity contribution is 0.104. The lowest BCUT2D eigenvalue weighted by atomic mass is 10.1. The Hall–Kier alpha value is -2.59. The normalized spacial score (nSPS) is 11.0. The number of ether oxygens (including phenoxy) is 1. The molecule has 1 heterocycles. The monoisotopic (exact) mass is 396 g/mol. The maximum absolute atomic E-state index is 12.1. The lowest BCUT2D eigenvalue weighted by Gasteiger charge is -2.04. The number of benzene rings is 2. The van der Waals surface area contributed by atoms with E-state index in [4.69, 9.17) is 9.15 Å². The molecule has 0 aliphatic carbocycles. The second-order valence-electron chi connectivity index (χ2n) is 5.61. The fourth-order valence-electron chi connectivity index (χ4n) is 2.24. The van der Waals surface area contributed by atoms with Gasteiger partial charge in [-0.15, -0.1) is 0 Å². The van der Waals surface area contributed by atoms with Crippen LogP contribution < -0.4 is 4.74 Å². The van der Waals surface area contributed by atoms with E-state index in [-0.39, 0.29) is 5.78 Å². The third-order valence-electron chi connectivity index (χ3n) is 3.59. The van der Waals surface area contributed by atoms with E-state index in [2.05, 4.69) is 15.9 Å². The summed E-state index contributed by atoms with van der Waals surface area (Å²) in [5.41, 5.74) is 1.79. The van der Waals surface area contributed by atoms with E-state index in [0.29, 0.717) is 23.7 Å². The van der Waals surface area contributed by atoms with Crippen LogP contribution in [0.5, 0.6) is 5.75 Å². The minimum absolute atomic E-state index is 0.0525. The molecular formula is C21H17BrO3. The summed E-state index contributed by atoms with van der Waals surface area (Å²) in [5.74, 6) is 2.02. The average Bonchev–Trinajstić information content (AvgIpc) is 3.06. The minimum atomic E-state index is -0.0525. The second kappa shape index (κ2) is 7.99. The predicted octanol–water partition coefficient (Wildman–Crippen LogP) is 5.83. The summed E-state index contributed by atoms with van der Waals surface area (Å²) in [5, 5.41) is 0. The number of allylic oxidation sites excluding steroid dienone is 1. The van der Waals surface area contributed by atoms with Crippen molar-refractivity contribution in [3.05, 3.63) is 93.9 Å². The molecule has 0 amide bonds. The fraction of sp³-hybridized carbons (Fsp3) is 0.0952. The van der Waals surface area contributed by atoms with Crippen molar-refractivity contribution in [2.75, 3.05) is 0 Å². The van der Waals surface area contributed by atoms with Gasteiger partial charge in [0, 0.05) is 10.0 Å². The predicted molar refractivity (Wildman–Crippen MR) is 102 cm³/mol. The Balaban J connectivity index is 1.59. The van der Waals surface area contributed by atoms with Crippen LogP contribution >= 0.6 is 15.9 Å². The van der Waals surface area contributed by atoms with Crippen molar-refractivity contribution in [3.63, 3.8) is 0 Å². The van der Waals surface area contributed by atoms with Gasteiger partial charge in [0.15, 0.2) is 5.78 Å². The quantitative estimate of drug-likeness (QED) is 0.388. The van der Waals surface area contributed by atoms with Crippen LogP contribution in [0.4, 0.5) is 0 Å². The van der Waals surface area contributed by atoms with E-state index in [1.165, 1.54) is 6.08 Å². The van der Waals surface area contributed by atoms with Crippen molar-refractivity contribution in [3.8, 4) is 5.75 Å². The average molecular weight is 397 g/mol. The highest BCUT2D eigenvalue weighted by Gasteiger charge is 2.04. The molecule has 0 bridgehead atoms. The molecule has 126 valence electrons. The van der Waals surface area contributed by atoms with Crippen LogP contribution in [-0.4, -0.2) is 5.78 Å². The first-order valence-corrected chi connectivity index (χ1v) is 8.65. The zero-order chi connectivity index (χ0) is 17.6. The highest BCUT2D eigenvalue weighted by atomic mass is 79.9. The molecule has 25 heavy (non-hydrogen) atoms. The van der Waals surface area contributed by atoms with Crippen molar-refractivity contribution < 1.29 is 13.9 Å². The minimum Gasteiger partial charge on any atom is -0.486 e. The van der Waals surface area contributed by atoms with Crippen LogP contribution in [0.15, 0.2) is 75.6 Å². The molecule has 3 aromatic rings. The SMILES string of the molecule is Cc1ccc(C(=O)/C=C/c2ccc(COc3cccc(Br)c3)o2)cc1. The van der Waals surface area contributed by atoms with E-state index in [0.717, 1.165) is 15.8 Å². The third-order valence-corrected chi connectivity index (χ3v) is 4.09. The van der Waals surface area contributed by atoms with Gasteiger partial charge in [0.2, 0.25) is 0 Å². The largest absolute Gasteiger partial charge is 0.486 e. The first-order valence-electron chi connectivity index (χ1n) is 7.86. The van der Waals surface area contributed by atoms with Gasteiger partial charge in [0.1, 0.15) is 23.9 Å². The molecule has 0 saturated carbocycles. The van der Waals surface area contributed by atoms with Gasteiger partial charge in [-0.2, -0.15) is 0 Å². The van der Waals surface area contributed by atoms with E-state index in [9.17, 15) is 4.79 Å². The van der Waals surface area contributed by atoms with E-state index in [1.807, 2.05) is 67.6 Å². The van der Waals surface area contributed by atoms with Crippen molar-refractivity contribution in [2.24, 2.45) is 0 Å². The Morgan fingerprint density at radius 3 is 2.68 bits per heavy atom. The Morgan fingerprint density at radius 2 is 1.92 bits per heavy atom. The number of aryl methyl sites for hydroxylation is 1. The molecule has 0 atom stereocenters. The standard InChI is InChI=1S/C21H17BrO3/c1-15-5-7-16(8-6-15)21(23)12-11-18-9-10-20(25-18)14-24-19-4-2-3-17(22)13-19/h2-13H,14H2,1H3/b12-11+. The van der Waals surface area contributed by atoms with Gasteiger partial charge in [-0.05, 0) is 49.4 Å². The lowest BCUT2D eigenvalue weighted by Crippen LogP contribution is -1.93. The first-order chi connectivity index (χ1) is 12.1. The van der Waals surface area contributed by atoms with Crippen LogP contribution in [0.25, 0.3) is 6.08 Å². The summed E-state index contributed by atoms with van der Waals surface area (Å²) in [4.78, 5) is 12.1. The Bertz CT molecular complexity index is 892. The molecule has 0 aliphatic rings. The smallest absolute Gasteiger partial charge is 0.185 e. The highest BCUT2D eigenvalue weighted by molar-refractivity contribution is 9.10. The highest BCUT2D eigenvalue weighted by Crippen LogP contribution is 2.19. The molecule has 0 radical (unpaired) electrons. The first kappa shape index (κ1) is 17.2. The molecular weight excluding hydrogens is 380 g/mol. The summed E-state index contributed by atoms with van der Waals surface area (Å²) in [7, 11) is 0. The molecule has 3 nitrogen and oxygen atoms in total. The van der Waals surface area contributed by atoms with Crippen molar-refractivity contribution >= 4 is 27.8 Å². The molecule has 0 unspecified atom stereocenters. The van der Waals surface area contributed by atoms with Crippen molar-refractivity contribution in [1.82, 2.24) is 0 Å². The number of hydrogen-bond acceptors (Lipinski definition) is 3. The van der Waals surface area contributed by atoms with Crippen molar-refractivity contribution in [2.45, 2.75) is 13.5 Å². The number of carbonyl (C=O) groups excluding carboxylic acids is 1. The molecule has 0 saturated heterocycles. The molecule has 3 rings (SSSR count). The van der Waals surface area contributed by atoms with Gasteiger partial charge < -0.3 is 9.15 Å². The van der Waals surface area contributed by atoms with Crippen LogP contribution in [0.3, 0.4) is 0 Å². The second-order valence-corrected chi connectivity index (χ2v) is 6.53. The van der Waals surface area contributed by atoms with E-state index < -0.39 is 0 Å². The maximum atomic E-state index is 12.1. The summed E-state index contributed by atoms with van der Waals surface area (Å²) in [6.45, 7) is 2.32. The van der Waals surface area contributed by atoms with Gasteiger partial charge in [-0.1, -0.05) is 51.8 Å². The van der Waals surface area contributed by atoms with E-state index >= 15 is 0 Å². The summed E-state index contributed by atoms with van der Waals surface area (Å²) >= 11 is 3.41. The van der Waals surface area contributed by atoms with Crippen LogP contribution in [0.2, 0.25) is 0 Å². The molecule has 0 aliphatic heterocycles. The Labute approximate surface area is 155 Å². The zero-order valence-corrected chi connectivity index (χ0v) is 15.3. The molecule has 0 fully saturated rings. The number of furan rings is 1. The van der Waals surface area contributed by atoms with Gasteiger partial charge >= 0.3 is 0 Å². The van der Waals surface area contributed by atoms with Gasteiger partial charge in [-0.3, -0.25) is 4.79 Å². The fourth-order valence-corrected chi connectivity index (χ4v) is 2.62. The zero-order valence-electron chi connectivity index (χ0n) is 13.7. The number of carbonyl (C=O) groups is 1. The third kappa shape index (κ3) is 4.94. The summed E-state index contributed by atoms with van der Waals surface area (Å²) in [6.07, 6.45) is 3.19. The molecule has 1 aromatic heterocycles. The van der Waals surface area contributed by atoms with Crippen LogP contribution in [0, 0.1) is 6.92 Å². The van der Waals surface area contributed by atoms with Crippen LogP contribution in [-0.2, 0) is 6.61 Å². The number of rotatable bonds is 6. The molecule has 0 spiro atoms.